The van der Waals surface area contributed by atoms with E-state index in [2.05, 4.69) is 36.1 Å². The van der Waals surface area contributed by atoms with Crippen molar-refractivity contribution in [2.24, 2.45) is 17.8 Å². The summed E-state index contributed by atoms with van der Waals surface area (Å²) in [5.41, 5.74) is 1.30. The van der Waals surface area contributed by atoms with Crippen LogP contribution >= 0.6 is 0 Å². The molecule has 0 amide bonds. The summed E-state index contributed by atoms with van der Waals surface area (Å²) in [7, 11) is 1.52. The first-order valence-electron chi connectivity index (χ1n) is 7.62. The highest BCUT2D eigenvalue weighted by Gasteiger charge is 2.67. The fourth-order valence-corrected chi connectivity index (χ4v) is 4.78. The Kier molecular flexibility index (Phi) is 2.68. The van der Waals surface area contributed by atoms with E-state index >= 15 is 0 Å². The molecule has 0 spiro atoms. The van der Waals surface area contributed by atoms with E-state index in [4.69, 9.17) is 4.74 Å². The van der Waals surface area contributed by atoms with Gasteiger partial charge in [-0.05, 0) is 43.1 Å². The number of rotatable bonds is 3. The summed E-state index contributed by atoms with van der Waals surface area (Å²) in [6, 6.07) is 11.4. The number of methoxy groups -OCH3 is 1. The van der Waals surface area contributed by atoms with E-state index in [1.54, 1.807) is 0 Å². The van der Waals surface area contributed by atoms with E-state index < -0.39 is 0 Å². The van der Waals surface area contributed by atoms with Crippen LogP contribution in [0.3, 0.4) is 0 Å². The Labute approximate surface area is 119 Å². The monoisotopic (exact) mass is 271 g/mol. The van der Waals surface area contributed by atoms with Crippen molar-refractivity contribution >= 4 is 5.97 Å². The van der Waals surface area contributed by atoms with Crippen LogP contribution in [0.1, 0.15) is 31.4 Å². The van der Waals surface area contributed by atoms with Gasteiger partial charge in [0.15, 0.2) is 0 Å². The Balaban J connectivity index is 1.67. The standard InChI is InChI=1S/C17H21NO2/c1-10(11-6-4-3-5-7-11)18-15-9-14(12-8-13(12)15)16(18)17(19)20-2/h3-7,10,12-16H,8-9H2,1-2H3/t10-,12-,13+,14-,15+,16+/m1/s1. The molecule has 2 bridgehead atoms. The fraction of sp³-hybridized carbons (Fsp3) is 0.588. The summed E-state index contributed by atoms with van der Waals surface area (Å²) >= 11 is 0. The fourth-order valence-electron chi connectivity index (χ4n) is 4.78. The number of piperidine rings is 1. The van der Waals surface area contributed by atoms with E-state index in [9.17, 15) is 4.79 Å². The second-order valence-corrected chi connectivity index (χ2v) is 6.53. The van der Waals surface area contributed by atoms with Crippen molar-refractivity contribution in [1.82, 2.24) is 4.90 Å². The highest BCUT2D eigenvalue weighted by Crippen LogP contribution is 2.64. The Hall–Kier alpha value is -1.35. The lowest BCUT2D eigenvalue weighted by Gasteiger charge is -2.38. The SMILES string of the molecule is COC(=O)[C@@H]1[C@@H]2C[C@@H]([C@H]3C[C@@H]23)N1[C@H](C)c1ccccc1. The van der Waals surface area contributed by atoms with E-state index in [0.29, 0.717) is 12.0 Å². The third kappa shape index (κ3) is 1.59. The van der Waals surface area contributed by atoms with Crippen molar-refractivity contribution in [2.45, 2.75) is 37.9 Å². The van der Waals surface area contributed by atoms with Crippen molar-refractivity contribution < 1.29 is 9.53 Å². The van der Waals surface area contributed by atoms with Gasteiger partial charge in [-0.3, -0.25) is 9.69 Å². The molecule has 1 aromatic carbocycles. The minimum absolute atomic E-state index is 0.0241. The van der Waals surface area contributed by atoms with Crippen molar-refractivity contribution in [3.8, 4) is 0 Å². The Morgan fingerprint density at radius 2 is 1.95 bits per heavy atom. The van der Waals surface area contributed by atoms with Crippen molar-refractivity contribution in [1.29, 1.82) is 0 Å². The van der Waals surface area contributed by atoms with Gasteiger partial charge in [0.2, 0.25) is 0 Å². The number of esters is 1. The molecule has 3 nitrogen and oxygen atoms in total. The third-order valence-electron chi connectivity index (χ3n) is 5.73. The van der Waals surface area contributed by atoms with Crippen LogP contribution in [0.5, 0.6) is 0 Å². The van der Waals surface area contributed by atoms with Crippen LogP contribution < -0.4 is 0 Å². The molecule has 2 saturated carbocycles. The van der Waals surface area contributed by atoms with Gasteiger partial charge in [-0.1, -0.05) is 30.3 Å². The minimum Gasteiger partial charge on any atom is -0.468 e. The Morgan fingerprint density at radius 1 is 1.20 bits per heavy atom. The third-order valence-corrected chi connectivity index (χ3v) is 5.73. The lowest BCUT2D eigenvalue weighted by Crippen LogP contribution is -2.48. The molecular formula is C17H21NO2. The molecule has 1 aliphatic heterocycles. The van der Waals surface area contributed by atoms with Gasteiger partial charge in [-0.25, -0.2) is 0 Å². The molecule has 3 heteroatoms. The molecule has 0 radical (unpaired) electrons. The van der Waals surface area contributed by atoms with Gasteiger partial charge in [-0.15, -0.1) is 0 Å². The molecule has 20 heavy (non-hydrogen) atoms. The van der Waals surface area contributed by atoms with Crippen LogP contribution in [0.2, 0.25) is 0 Å². The first-order chi connectivity index (χ1) is 9.72. The van der Waals surface area contributed by atoms with E-state index in [-0.39, 0.29) is 18.1 Å². The normalized spacial score (nSPS) is 39.4. The molecule has 106 valence electrons. The van der Waals surface area contributed by atoms with Crippen LogP contribution in [-0.2, 0) is 9.53 Å². The summed E-state index contributed by atoms with van der Waals surface area (Å²) in [4.78, 5) is 14.7. The maximum atomic E-state index is 12.3. The van der Waals surface area contributed by atoms with Crippen LogP contribution in [0.4, 0.5) is 0 Å². The lowest BCUT2D eigenvalue weighted by molar-refractivity contribution is -0.150. The lowest BCUT2D eigenvalue weighted by atomic mass is 9.94. The molecule has 6 atom stereocenters. The van der Waals surface area contributed by atoms with Crippen LogP contribution in [-0.4, -0.2) is 30.1 Å². The average Bonchev–Trinajstić information content (AvgIpc) is 3.12. The summed E-state index contributed by atoms with van der Waals surface area (Å²) in [5, 5.41) is 0. The molecule has 0 unspecified atom stereocenters. The van der Waals surface area contributed by atoms with Crippen molar-refractivity contribution in [3.05, 3.63) is 35.9 Å². The largest absolute Gasteiger partial charge is 0.468 e. The van der Waals surface area contributed by atoms with E-state index in [0.717, 1.165) is 11.8 Å². The number of nitrogens with zero attached hydrogens (tertiary/aromatic N) is 1. The number of hydrogen-bond acceptors (Lipinski definition) is 3. The number of hydrogen-bond donors (Lipinski definition) is 0. The van der Waals surface area contributed by atoms with Gasteiger partial charge in [0.05, 0.1) is 7.11 Å². The van der Waals surface area contributed by atoms with Crippen molar-refractivity contribution in [2.75, 3.05) is 7.11 Å². The van der Waals surface area contributed by atoms with Crippen LogP contribution in [0.25, 0.3) is 0 Å². The van der Waals surface area contributed by atoms with E-state index in [1.165, 1.54) is 25.5 Å². The second kappa shape index (κ2) is 4.32. The zero-order valence-corrected chi connectivity index (χ0v) is 12.0. The number of ether oxygens (including phenoxy) is 1. The molecular weight excluding hydrogens is 250 g/mol. The molecule has 2 aliphatic carbocycles. The predicted molar refractivity (Wildman–Crippen MR) is 76.0 cm³/mol. The maximum absolute atomic E-state index is 12.3. The minimum atomic E-state index is -0.0365. The van der Waals surface area contributed by atoms with Gasteiger partial charge < -0.3 is 4.74 Å². The quantitative estimate of drug-likeness (QED) is 0.792. The summed E-state index contributed by atoms with van der Waals surface area (Å²) < 4.78 is 5.09. The maximum Gasteiger partial charge on any atom is 0.323 e. The van der Waals surface area contributed by atoms with Crippen LogP contribution in [0, 0.1) is 17.8 Å². The predicted octanol–water partition coefficient (Wildman–Crippen LogP) is 2.63. The molecule has 1 saturated heterocycles. The summed E-state index contributed by atoms with van der Waals surface area (Å²) in [6.45, 7) is 2.23. The number of carbonyl (C=O) groups excluding carboxylic acids is 1. The highest BCUT2D eigenvalue weighted by atomic mass is 16.5. The van der Waals surface area contributed by atoms with Gasteiger partial charge in [0, 0.05) is 12.1 Å². The Morgan fingerprint density at radius 3 is 2.65 bits per heavy atom. The van der Waals surface area contributed by atoms with Crippen molar-refractivity contribution in [3.63, 3.8) is 0 Å². The van der Waals surface area contributed by atoms with Gasteiger partial charge in [0.25, 0.3) is 0 Å². The molecule has 1 heterocycles. The van der Waals surface area contributed by atoms with Gasteiger partial charge in [0.1, 0.15) is 6.04 Å². The molecule has 1 aromatic rings. The number of fused-ring (bicyclic) bond motifs is 5. The second-order valence-electron chi connectivity index (χ2n) is 6.53. The smallest absolute Gasteiger partial charge is 0.323 e. The molecule has 0 N–H and O–H groups in total. The average molecular weight is 271 g/mol. The first kappa shape index (κ1) is 12.4. The topological polar surface area (TPSA) is 29.5 Å². The summed E-state index contributed by atoms with van der Waals surface area (Å²) in [6.07, 6.45) is 2.51. The van der Waals surface area contributed by atoms with E-state index in [1.807, 2.05) is 6.07 Å². The number of carbonyl (C=O) groups is 1. The highest BCUT2D eigenvalue weighted by molar-refractivity contribution is 5.77. The van der Waals surface area contributed by atoms with Gasteiger partial charge in [-0.2, -0.15) is 0 Å². The zero-order chi connectivity index (χ0) is 13.9. The molecule has 4 rings (SSSR count). The Bertz CT molecular complexity index is 529. The molecule has 3 aliphatic rings. The van der Waals surface area contributed by atoms with Gasteiger partial charge >= 0.3 is 5.97 Å². The number of likely N-dealkylation sites (tertiary alicyclic amines) is 1. The zero-order valence-electron chi connectivity index (χ0n) is 12.0. The van der Waals surface area contributed by atoms with Crippen LogP contribution in [0.15, 0.2) is 30.3 Å². The molecule has 0 aromatic heterocycles. The first-order valence-corrected chi connectivity index (χ1v) is 7.62. The number of benzene rings is 1. The molecule has 3 fully saturated rings. The summed E-state index contributed by atoms with van der Waals surface area (Å²) in [5.74, 6) is 2.13.